The summed E-state index contributed by atoms with van der Waals surface area (Å²) in [5.41, 5.74) is 1.89. The fourth-order valence-electron chi connectivity index (χ4n) is 2.56. The molecule has 0 unspecified atom stereocenters. The molecule has 15 heavy (non-hydrogen) atoms. The molecule has 3 rings (SSSR count). The molecule has 1 aromatic rings. The third-order valence-electron chi connectivity index (χ3n) is 3.50. The highest BCUT2D eigenvalue weighted by Gasteiger charge is 2.41. The van der Waals surface area contributed by atoms with E-state index in [1.807, 2.05) is 6.20 Å². The van der Waals surface area contributed by atoms with E-state index in [-0.39, 0.29) is 0 Å². The third kappa shape index (κ3) is 1.60. The van der Waals surface area contributed by atoms with Crippen molar-refractivity contribution in [1.29, 1.82) is 0 Å². The second-order valence-electron chi connectivity index (χ2n) is 4.78. The molecule has 0 bridgehead atoms. The fourth-order valence-corrected chi connectivity index (χ4v) is 3.71. The number of rotatable bonds is 1. The highest BCUT2D eigenvalue weighted by atomic mass is 32.2. The Morgan fingerprint density at radius 1 is 1.47 bits per heavy atom. The number of fused-ring (bicyclic) bond motifs is 1. The van der Waals surface area contributed by atoms with E-state index in [1.165, 1.54) is 23.7 Å². The zero-order chi connectivity index (χ0) is 10.3. The summed E-state index contributed by atoms with van der Waals surface area (Å²) in [5.74, 6) is 2.62. The van der Waals surface area contributed by atoms with Crippen LogP contribution in [0, 0.1) is 5.41 Å². The molecule has 0 aromatic carbocycles. The second-order valence-corrected chi connectivity index (χ2v) is 5.76. The first-order valence-corrected chi connectivity index (χ1v) is 6.78. The molecule has 1 saturated heterocycles. The van der Waals surface area contributed by atoms with Crippen molar-refractivity contribution in [2.45, 2.75) is 20.0 Å². The maximum atomic E-state index is 4.44. The molecule has 0 N–H and O–H groups in total. The van der Waals surface area contributed by atoms with Gasteiger partial charge in [0.15, 0.2) is 0 Å². The zero-order valence-electron chi connectivity index (χ0n) is 9.15. The zero-order valence-corrected chi connectivity index (χ0v) is 9.96. The summed E-state index contributed by atoms with van der Waals surface area (Å²) in [4.78, 5) is 2.56. The van der Waals surface area contributed by atoms with Crippen molar-refractivity contribution in [2.24, 2.45) is 5.41 Å². The number of aromatic nitrogens is 2. The third-order valence-corrected chi connectivity index (χ3v) is 5.13. The minimum Gasteiger partial charge on any atom is -0.297 e. The summed E-state index contributed by atoms with van der Waals surface area (Å²) < 4.78 is 2.22. The number of hydrogen-bond acceptors (Lipinski definition) is 3. The SMILES string of the molecule is CCN1Cc2ccnn2CC2(CSC2)C1. The maximum absolute atomic E-state index is 4.44. The van der Waals surface area contributed by atoms with Crippen LogP contribution in [0.3, 0.4) is 0 Å². The van der Waals surface area contributed by atoms with Crippen LogP contribution in [0.25, 0.3) is 0 Å². The van der Waals surface area contributed by atoms with Crippen LogP contribution in [-0.2, 0) is 13.1 Å². The maximum Gasteiger partial charge on any atom is 0.0524 e. The van der Waals surface area contributed by atoms with Gasteiger partial charge in [-0.1, -0.05) is 6.92 Å². The Hall–Kier alpha value is -0.480. The average molecular weight is 223 g/mol. The molecule has 4 heteroatoms. The first-order chi connectivity index (χ1) is 7.31. The predicted octanol–water partition coefficient (Wildman–Crippen LogP) is 1.45. The van der Waals surface area contributed by atoms with E-state index >= 15 is 0 Å². The molecule has 0 amide bonds. The van der Waals surface area contributed by atoms with Crippen molar-refractivity contribution in [1.82, 2.24) is 14.7 Å². The number of thioether (sulfide) groups is 1. The van der Waals surface area contributed by atoms with E-state index in [0.717, 1.165) is 19.6 Å². The van der Waals surface area contributed by atoms with Gasteiger partial charge < -0.3 is 0 Å². The second kappa shape index (κ2) is 3.52. The Labute approximate surface area is 94.8 Å². The topological polar surface area (TPSA) is 21.1 Å². The van der Waals surface area contributed by atoms with E-state index < -0.39 is 0 Å². The highest BCUT2D eigenvalue weighted by molar-refractivity contribution is 8.00. The van der Waals surface area contributed by atoms with Crippen molar-refractivity contribution in [3.63, 3.8) is 0 Å². The molecule has 1 fully saturated rings. The Balaban J connectivity index is 1.92. The van der Waals surface area contributed by atoms with Crippen molar-refractivity contribution in [3.8, 4) is 0 Å². The van der Waals surface area contributed by atoms with Crippen LogP contribution in [-0.4, -0.2) is 39.3 Å². The minimum atomic E-state index is 0.512. The van der Waals surface area contributed by atoms with Gasteiger partial charge in [0.05, 0.1) is 5.69 Å². The van der Waals surface area contributed by atoms with E-state index in [2.05, 4.69) is 39.4 Å². The Morgan fingerprint density at radius 2 is 2.33 bits per heavy atom. The Bertz CT molecular complexity index is 356. The van der Waals surface area contributed by atoms with Gasteiger partial charge in [0, 0.05) is 42.8 Å². The van der Waals surface area contributed by atoms with Crippen molar-refractivity contribution < 1.29 is 0 Å². The van der Waals surface area contributed by atoms with Crippen molar-refractivity contribution >= 4 is 11.8 Å². The van der Waals surface area contributed by atoms with E-state index in [0.29, 0.717) is 5.41 Å². The van der Waals surface area contributed by atoms with Crippen LogP contribution >= 0.6 is 11.8 Å². The molecule has 3 heterocycles. The van der Waals surface area contributed by atoms with Gasteiger partial charge in [-0.25, -0.2) is 0 Å². The van der Waals surface area contributed by atoms with E-state index in [9.17, 15) is 0 Å². The molecule has 1 aromatic heterocycles. The van der Waals surface area contributed by atoms with Crippen LogP contribution in [0.4, 0.5) is 0 Å². The molecule has 82 valence electrons. The smallest absolute Gasteiger partial charge is 0.0524 e. The predicted molar refractivity (Wildman–Crippen MR) is 62.9 cm³/mol. The Kier molecular flexibility index (Phi) is 2.29. The quantitative estimate of drug-likeness (QED) is 0.719. The summed E-state index contributed by atoms with van der Waals surface area (Å²) in [6.07, 6.45) is 1.94. The molecule has 2 aliphatic rings. The fraction of sp³-hybridized carbons (Fsp3) is 0.727. The average Bonchev–Trinajstić information content (AvgIpc) is 2.54. The van der Waals surface area contributed by atoms with Crippen LogP contribution in [0.2, 0.25) is 0 Å². The van der Waals surface area contributed by atoms with Gasteiger partial charge in [0.1, 0.15) is 0 Å². The summed E-state index contributed by atoms with van der Waals surface area (Å²) in [5, 5.41) is 4.44. The molecule has 0 radical (unpaired) electrons. The first kappa shape index (κ1) is 9.73. The molecule has 0 atom stereocenters. The molecule has 3 nitrogen and oxygen atoms in total. The van der Waals surface area contributed by atoms with Gasteiger partial charge in [0.2, 0.25) is 0 Å². The normalized spacial score (nSPS) is 24.6. The molecular formula is C11H17N3S. The highest BCUT2D eigenvalue weighted by Crippen LogP contribution is 2.41. The lowest BCUT2D eigenvalue weighted by Crippen LogP contribution is -2.47. The van der Waals surface area contributed by atoms with Gasteiger partial charge in [-0.05, 0) is 12.6 Å². The molecular weight excluding hydrogens is 206 g/mol. The lowest BCUT2D eigenvalue weighted by atomic mass is 9.91. The molecule has 2 aliphatic heterocycles. The molecule has 0 saturated carbocycles. The van der Waals surface area contributed by atoms with Crippen molar-refractivity contribution in [3.05, 3.63) is 18.0 Å². The lowest BCUT2D eigenvalue weighted by Gasteiger charge is -2.42. The van der Waals surface area contributed by atoms with Crippen LogP contribution < -0.4 is 0 Å². The summed E-state index contributed by atoms with van der Waals surface area (Å²) in [6.45, 7) is 6.85. The largest absolute Gasteiger partial charge is 0.297 e. The molecule has 0 aliphatic carbocycles. The van der Waals surface area contributed by atoms with Gasteiger partial charge in [-0.15, -0.1) is 0 Å². The Morgan fingerprint density at radius 3 is 3.00 bits per heavy atom. The molecule has 1 spiro atoms. The van der Waals surface area contributed by atoms with Gasteiger partial charge in [0.25, 0.3) is 0 Å². The van der Waals surface area contributed by atoms with E-state index in [4.69, 9.17) is 0 Å². The van der Waals surface area contributed by atoms with Crippen LogP contribution in [0.15, 0.2) is 12.3 Å². The van der Waals surface area contributed by atoms with Crippen LogP contribution in [0.1, 0.15) is 12.6 Å². The standard InChI is InChI=1S/C11H17N3S/c1-2-13-5-10-3-4-12-14(10)7-11(6-13)8-15-9-11/h3-4H,2,5-9H2,1H3. The summed E-state index contributed by atoms with van der Waals surface area (Å²) in [7, 11) is 0. The van der Waals surface area contributed by atoms with Crippen molar-refractivity contribution in [2.75, 3.05) is 24.6 Å². The summed E-state index contributed by atoms with van der Waals surface area (Å²) in [6, 6.07) is 2.16. The van der Waals surface area contributed by atoms with Crippen LogP contribution in [0.5, 0.6) is 0 Å². The van der Waals surface area contributed by atoms with Gasteiger partial charge >= 0.3 is 0 Å². The monoisotopic (exact) mass is 223 g/mol. The lowest BCUT2D eigenvalue weighted by molar-refractivity contribution is 0.177. The van der Waals surface area contributed by atoms with E-state index in [1.54, 1.807) is 0 Å². The number of nitrogens with zero attached hydrogens (tertiary/aromatic N) is 3. The number of hydrogen-bond donors (Lipinski definition) is 0. The van der Waals surface area contributed by atoms with Gasteiger partial charge in [-0.2, -0.15) is 16.9 Å². The minimum absolute atomic E-state index is 0.512. The first-order valence-electron chi connectivity index (χ1n) is 5.62. The summed E-state index contributed by atoms with van der Waals surface area (Å²) >= 11 is 2.07. The van der Waals surface area contributed by atoms with Gasteiger partial charge in [-0.3, -0.25) is 9.58 Å².